The summed E-state index contributed by atoms with van der Waals surface area (Å²) in [4.78, 5) is 29.1. The molecule has 0 spiro atoms. The molecule has 2 saturated heterocycles. The average Bonchev–Trinajstić information content (AvgIpc) is 3.30. The summed E-state index contributed by atoms with van der Waals surface area (Å²) in [6, 6.07) is 12.7. The van der Waals surface area contributed by atoms with Crippen LogP contribution in [0.3, 0.4) is 0 Å². The maximum atomic E-state index is 13.0. The second-order valence-electron chi connectivity index (χ2n) is 7.68. The third-order valence-corrected chi connectivity index (χ3v) is 5.70. The van der Waals surface area contributed by atoms with Crippen LogP contribution in [0.2, 0.25) is 0 Å². The van der Waals surface area contributed by atoms with Crippen LogP contribution in [0.25, 0.3) is 0 Å². The van der Waals surface area contributed by atoms with Crippen LogP contribution >= 0.6 is 0 Å². The number of piperidine rings is 1. The van der Waals surface area contributed by atoms with Crippen molar-refractivity contribution >= 4 is 11.8 Å². The van der Waals surface area contributed by atoms with E-state index < -0.39 is 0 Å². The molecule has 2 aromatic rings. The zero-order valence-electron chi connectivity index (χ0n) is 16.4. The summed E-state index contributed by atoms with van der Waals surface area (Å²) < 4.78 is 18.6. The number of benzene rings is 2. The number of carbonyl (C=O) groups excluding carboxylic acids is 2. The summed E-state index contributed by atoms with van der Waals surface area (Å²) in [5.74, 6) is 1.09. The van der Waals surface area contributed by atoms with Gasteiger partial charge in [0.25, 0.3) is 5.91 Å². The summed E-state index contributed by atoms with van der Waals surface area (Å²) >= 11 is 0. The lowest BCUT2D eigenvalue weighted by Gasteiger charge is -2.33. The van der Waals surface area contributed by atoms with Crippen molar-refractivity contribution in [1.29, 1.82) is 0 Å². The van der Waals surface area contributed by atoms with Crippen LogP contribution < -0.4 is 4.74 Å². The van der Waals surface area contributed by atoms with Gasteiger partial charge >= 0.3 is 0 Å². The quantitative estimate of drug-likeness (QED) is 0.782. The molecule has 152 valence electrons. The molecule has 2 amide bonds. The fraction of sp³-hybridized carbons (Fsp3) is 0.391. The summed E-state index contributed by atoms with van der Waals surface area (Å²) in [7, 11) is 0. The third-order valence-electron chi connectivity index (χ3n) is 5.70. The topological polar surface area (TPSA) is 49.9 Å². The van der Waals surface area contributed by atoms with E-state index in [-0.39, 0.29) is 23.5 Å². The van der Waals surface area contributed by atoms with Crippen molar-refractivity contribution in [2.24, 2.45) is 5.92 Å². The van der Waals surface area contributed by atoms with Gasteiger partial charge in [0.1, 0.15) is 17.3 Å². The van der Waals surface area contributed by atoms with Crippen molar-refractivity contribution in [2.75, 3.05) is 26.2 Å². The summed E-state index contributed by atoms with van der Waals surface area (Å²) in [6.07, 6.45) is 3.66. The highest BCUT2D eigenvalue weighted by molar-refractivity contribution is 5.94. The van der Waals surface area contributed by atoms with E-state index in [0.717, 1.165) is 38.8 Å². The Morgan fingerprint density at radius 1 is 0.793 bits per heavy atom. The first-order valence-electron chi connectivity index (χ1n) is 10.2. The number of ether oxygens (including phenoxy) is 1. The smallest absolute Gasteiger partial charge is 0.253 e. The number of amides is 2. The monoisotopic (exact) mass is 396 g/mol. The number of nitrogens with zero attached hydrogens (tertiary/aromatic N) is 2. The fourth-order valence-corrected chi connectivity index (χ4v) is 4.01. The van der Waals surface area contributed by atoms with Gasteiger partial charge in [-0.1, -0.05) is 0 Å². The molecule has 0 radical (unpaired) electrons. The maximum absolute atomic E-state index is 13.0. The minimum absolute atomic E-state index is 0.0228. The molecule has 2 aromatic carbocycles. The molecule has 29 heavy (non-hydrogen) atoms. The van der Waals surface area contributed by atoms with Crippen molar-refractivity contribution in [3.63, 3.8) is 0 Å². The molecule has 0 bridgehead atoms. The van der Waals surface area contributed by atoms with Gasteiger partial charge in [0.15, 0.2) is 0 Å². The van der Waals surface area contributed by atoms with Crippen LogP contribution in [0.15, 0.2) is 48.5 Å². The highest BCUT2D eigenvalue weighted by Crippen LogP contribution is 2.25. The normalized spacial score (nSPS) is 17.4. The predicted molar refractivity (Wildman–Crippen MR) is 107 cm³/mol. The second kappa shape index (κ2) is 8.64. The minimum atomic E-state index is -0.316. The van der Waals surface area contributed by atoms with Crippen molar-refractivity contribution in [2.45, 2.75) is 25.7 Å². The molecular weight excluding hydrogens is 371 g/mol. The molecule has 0 saturated carbocycles. The van der Waals surface area contributed by atoms with E-state index in [9.17, 15) is 14.0 Å². The first kappa shape index (κ1) is 19.4. The molecule has 6 heteroatoms. The van der Waals surface area contributed by atoms with Gasteiger partial charge in [0.05, 0.1) is 0 Å². The van der Waals surface area contributed by atoms with Gasteiger partial charge < -0.3 is 14.5 Å². The average molecular weight is 396 g/mol. The molecule has 2 aliphatic rings. The van der Waals surface area contributed by atoms with Gasteiger partial charge in [0, 0.05) is 37.7 Å². The summed E-state index contributed by atoms with van der Waals surface area (Å²) in [6.45, 7) is 2.97. The maximum Gasteiger partial charge on any atom is 0.253 e. The van der Waals surface area contributed by atoms with Crippen molar-refractivity contribution < 1.29 is 18.7 Å². The number of carbonyl (C=O) groups is 2. The van der Waals surface area contributed by atoms with Crippen molar-refractivity contribution in [3.05, 3.63) is 59.9 Å². The lowest BCUT2D eigenvalue weighted by Crippen LogP contribution is -2.43. The Morgan fingerprint density at radius 2 is 1.34 bits per heavy atom. The van der Waals surface area contributed by atoms with Crippen LogP contribution in [-0.4, -0.2) is 47.8 Å². The van der Waals surface area contributed by atoms with E-state index in [0.29, 0.717) is 30.2 Å². The van der Waals surface area contributed by atoms with E-state index in [2.05, 4.69) is 0 Å². The van der Waals surface area contributed by atoms with E-state index in [1.54, 1.807) is 36.4 Å². The Labute approximate surface area is 170 Å². The van der Waals surface area contributed by atoms with Gasteiger partial charge in [-0.15, -0.1) is 0 Å². The lowest BCUT2D eigenvalue weighted by molar-refractivity contribution is -0.135. The van der Waals surface area contributed by atoms with Crippen LogP contribution in [0.5, 0.6) is 11.5 Å². The first-order chi connectivity index (χ1) is 14.1. The molecule has 2 fully saturated rings. The zero-order valence-corrected chi connectivity index (χ0v) is 16.4. The molecule has 0 atom stereocenters. The highest BCUT2D eigenvalue weighted by atomic mass is 19.1. The Balaban J connectivity index is 1.31. The molecule has 0 aromatic heterocycles. The molecule has 0 aliphatic carbocycles. The van der Waals surface area contributed by atoms with E-state index in [1.807, 2.05) is 9.80 Å². The number of halogens is 1. The van der Waals surface area contributed by atoms with Gasteiger partial charge in [-0.2, -0.15) is 0 Å². The molecule has 0 N–H and O–H groups in total. The minimum Gasteiger partial charge on any atom is -0.457 e. The molecule has 2 aliphatic heterocycles. The standard InChI is InChI=1S/C23H25FN2O3/c24-19-5-9-21(10-6-19)29-20-7-3-17(4-8-20)22(27)26-15-11-18(12-16-26)23(28)25-13-1-2-14-25/h3-10,18H,1-2,11-16H2. The molecule has 2 heterocycles. The lowest BCUT2D eigenvalue weighted by atomic mass is 9.95. The van der Waals surface area contributed by atoms with E-state index in [4.69, 9.17) is 4.74 Å². The summed E-state index contributed by atoms with van der Waals surface area (Å²) in [5, 5.41) is 0. The Morgan fingerprint density at radius 3 is 1.93 bits per heavy atom. The SMILES string of the molecule is O=C(c1ccc(Oc2ccc(F)cc2)cc1)N1CCC(C(=O)N2CCCC2)CC1. The zero-order chi connectivity index (χ0) is 20.2. The van der Waals surface area contributed by atoms with E-state index >= 15 is 0 Å². The molecule has 0 unspecified atom stereocenters. The van der Waals surface area contributed by atoms with Crippen LogP contribution in [0.1, 0.15) is 36.0 Å². The van der Waals surface area contributed by atoms with Crippen molar-refractivity contribution in [3.8, 4) is 11.5 Å². The number of hydrogen-bond donors (Lipinski definition) is 0. The predicted octanol–water partition coefficient (Wildman–Crippen LogP) is 4.09. The third kappa shape index (κ3) is 4.58. The Kier molecular flexibility index (Phi) is 5.79. The van der Waals surface area contributed by atoms with Crippen LogP contribution in [-0.2, 0) is 4.79 Å². The second-order valence-corrected chi connectivity index (χ2v) is 7.68. The van der Waals surface area contributed by atoms with Gasteiger partial charge in [0.2, 0.25) is 5.91 Å². The van der Waals surface area contributed by atoms with Crippen molar-refractivity contribution in [1.82, 2.24) is 9.80 Å². The largest absolute Gasteiger partial charge is 0.457 e. The highest BCUT2D eigenvalue weighted by Gasteiger charge is 2.31. The van der Waals surface area contributed by atoms with Crippen LogP contribution in [0.4, 0.5) is 4.39 Å². The Bertz CT molecular complexity index is 853. The first-order valence-corrected chi connectivity index (χ1v) is 10.2. The summed E-state index contributed by atoms with van der Waals surface area (Å²) in [5.41, 5.74) is 0.598. The number of rotatable bonds is 4. The van der Waals surface area contributed by atoms with Gasteiger partial charge in [-0.3, -0.25) is 9.59 Å². The molecule has 4 rings (SSSR count). The molecular formula is C23H25FN2O3. The Hall–Kier alpha value is -2.89. The van der Waals surface area contributed by atoms with Crippen LogP contribution in [0, 0.1) is 11.7 Å². The number of hydrogen-bond acceptors (Lipinski definition) is 3. The van der Waals surface area contributed by atoms with E-state index in [1.165, 1.54) is 12.1 Å². The van der Waals surface area contributed by atoms with Gasteiger partial charge in [-0.05, 0) is 74.2 Å². The van der Waals surface area contributed by atoms with Gasteiger partial charge in [-0.25, -0.2) is 4.39 Å². The number of likely N-dealkylation sites (tertiary alicyclic amines) is 2. The fourth-order valence-electron chi connectivity index (χ4n) is 4.01. The molecule has 5 nitrogen and oxygen atoms in total.